The summed E-state index contributed by atoms with van der Waals surface area (Å²) >= 11 is 0. The van der Waals surface area contributed by atoms with Crippen molar-refractivity contribution in [3.8, 4) is 0 Å². The molecule has 0 radical (unpaired) electrons. The number of hydrogen-bond donors (Lipinski definition) is 1. The summed E-state index contributed by atoms with van der Waals surface area (Å²) in [4.78, 5) is 25.0. The molecule has 1 aromatic carbocycles. The van der Waals surface area contributed by atoms with Crippen molar-refractivity contribution < 1.29 is 4.79 Å². The van der Waals surface area contributed by atoms with Crippen LogP contribution in [0.4, 0.5) is 5.95 Å². The fourth-order valence-corrected chi connectivity index (χ4v) is 2.24. The van der Waals surface area contributed by atoms with Gasteiger partial charge in [0.25, 0.3) is 5.91 Å². The van der Waals surface area contributed by atoms with E-state index in [0.29, 0.717) is 24.7 Å². The molecule has 6 nitrogen and oxygen atoms in total. The average molecular weight is 327 g/mol. The summed E-state index contributed by atoms with van der Waals surface area (Å²) in [5.74, 6) is 0.401. The molecule has 0 unspecified atom stereocenters. The van der Waals surface area contributed by atoms with E-state index in [-0.39, 0.29) is 5.91 Å². The highest BCUT2D eigenvalue weighted by molar-refractivity contribution is 5.92. The molecule has 0 spiro atoms. The number of anilines is 1. The van der Waals surface area contributed by atoms with Crippen LogP contribution in [0.5, 0.6) is 0 Å². The molecule has 1 heterocycles. The fourth-order valence-electron chi connectivity index (χ4n) is 2.24. The van der Waals surface area contributed by atoms with E-state index in [1.54, 1.807) is 12.3 Å². The van der Waals surface area contributed by atoms with Crippen molar-refractivity contribution >= 4 is 11.9 Å². The van der Waals surface area contributed by atoms with E-state index in [0.717, 1.165) is 13.1 Å². The number of carbonyl (C=O) groups is 1. The zero-order valence-electron chi connectivity index (χ0n) is 14.6. The minimum atomic E-state index is -0.170. The zero-order chi connectivity index (χ0) is 17.4. The van der Waals surface area contributed by atoms with Crippen molar-refractivity contribution in [1.82, 2.24) is 20.2 Å². The molecule has 0 aliphatic rings. The number of rotatable bonds is 8. The van der Waals surface area contributed by atoms with E-state index in [4.69, 9.17) is 0 Å². The number of carbonyl (C=O) groups excluding carboxylic acids is 1. The standard InChI is InChI=1S/C18H25N5O/c1-4-23(14-15-8-6-5-7-9-15)18-20-11-10-16(21-18)17(24)19-12-13-22(2)3/h5-11H,4,12-14H2,1-3H3,(H,19,24). The van der Waals surface area contributed by atoms with Gasteiger partial charge in [-0.2, -0.15) is 0 Å². The Morgan fingerprint density at radius 2 is 1.92 bits per heavy atom. The number of aromatic nitrogens is 2. The van der Waals surface area contributed by atoms with Gasteiger partial charge in [-0.15, -0.1) is 0 Å². The van der Waals surface area contributed by atoms with Crippen LogP contribution >= 0.6 is 0 Å². The third kappa shape index (κ3) is 5.31. The molecular weight excluding hydrogens is 302 g/mol. The Labute approximate surface area is 143 Å². The topological polar surface area (TPSA) is 61.4 Å². The lowest BCUT2D eigenvalue weighted by Crippen LogP contribution is -2.32. The minimum absolute atomic E-state index is 0.170. The molecule has 2 aromatic rings. The van der Waals surface area contributed by atoms with Crippen molar-refractivity contribution in [2.24, 2.45) is 0 Å². The van der Waals surface area contributed by atoms with Gasteiger partial charge in [0.2, 0.25) is 5.95 Å². The third-order valence-corrected chi connectivity index (χ3v) is 3.60. The van der Waals surface area contributed by atoms with Crippen LogP contribution in [0.15, 0.2) is 42.6 Å². The summed E-state index contributed by atoms with van der Waals surface area (Å²) in [6.07, 6.45) is 1.64. The van der Waals surface area contributed by atoms with Crippen LogP contribution in [0, 0.1) is 0 Å². The van der Waals surface area contributed by atoms with Gasteiger partial charge in [-0.1, -0.05) is 30.3 Å². The number of nitrogens with one attached hydrogen (secondary N) is 1. The molecule has 0 aliphatic heterocycles. The van der Waals surface area contributed by atoms with Crippen molar-refractivity contribution in [2.75, 3.05) is 38.6 Å². The van der Waals surface area contributed by atoms with Gasteiger partial charge in [-0.3, -0.25) is 4.79 Å². The van der Waals surface area contributed by atoms with Crippen molar-refractivity contribution in [3.05, 3.63) is 53.9 Å². The molecule has 0 saturated heterocycles. The van der Waals surface area contributed by atoms with E-state index in [1.807, 2.05) is 42.1 Å². The van der Waals surface area contributed by atoms with E-state index >= 15 is 0 Å². The van der Waals surface area contributed by atoms with E-state index in [9.17, 15) is 4.79 Å². The maximum Gasteiger partial charge on any atom is 0.270 e. The Morgan fingerprint density at radius 1 is 1.17 bits per heavy atom. The molecular formula is C18H25N5O. The molecule has 24 heavy (non-hydrogen) atoms. The molecule has 1 amide bonds. The second-order valence-corrected chi connectivity index (χ2v) is 5.80. The summed E-state index contributed by atoms with van der Waals surface area (Å²) in [5.41, 5.74) is 1.58. The second kappa shape index (κ2) is 8.98. The number of nitrogens with zero attached hydrogens (tertiary/aromatic N) is 4. The smallest absolute Gasteiger partial charge is 0.270 e. The van der Waals surface area contributed by atoms with E-state index in [1.165, 1.54) is 5.56 Å². The van der Waals surface area contributed by atoms with Gasteiger partial charge < -0.3 is 15.1 Å². The lowest BCUT2D eigenvalue weighted by molar-refractivity contribution is 0.0946. The third-order valence-electron chi connectivity index (χ3n) is 3.60. The van der Waals surface area contributed by atoms with Crippen LogP contribution in [0.1, 0.15) is 23.0 Å². The largest absolute Gasteiger partial charge is 0.349 e. The van der Waals surface area contributed by atoms with Crippen molar-refractivity contribution in [2.45, 2.75) is 13.5 Å². The summed E-state index contributed by atoms with van der Waals surface area (Å²) in [7, 11) is 3.94. The first-order valence-electron chi connectivity index (χ1n) is 8.15. The summed E-state index contributed by atoms with van der Waals surface area (Å²) < 4.78 is 0. The molecule has 0 saturated carbocycles. The molecule has 0 aliphatic carbocycles. The fraction of sp³-hybridized carbons (Fsp3) is 0.389. The Kier molecular flexibility index (Phi) is 6.69. The predicted molar refractivity (Wildman–Crippen MR) is 96.1 cm³/mol. The first-order valence-corrected chi connectivity index (χ1v) is 8.15. The van der Waals surface area contributed by atoms with Gasteiger partial charge in [0.1, 0.15) is 5.69 Å². The molecule has 0 fully saturated rings. The van der Waals surface area contributed by atoms with Crippen LogP contribution < -0.4 is 10.2 Å². The van der Waals surface area contributed by atoms with Gasteiger partial charge in [0.05, 0.1) is 0 Å². The number of likely N-dealkylation sites (N-methyl/N-ethyl adjacent to an activating group) is 1. The molecule has 6 heteroatoms. The summed E-state index contributed by atoms with van der Waals surface area (Å²) in [6.45, 7) is 4.91. The highest BCUT2D eigenvalue weighted by Gasteiger charge is 2.12. The van der Waals surface area contributed by atoms with Gasteiger partial charge in [-0.25, -0.2) is 9.97 Å². The molecule has 2 rings (SSSR count). The van der Waals surface area contributed by atoms with Gasteiger partial charge >= 0.3 is 0 Å². The number of hydrogen-bond acceptors (Lipinski definition) is 5. The predicted octanol–water partition coefficient (Wildman–Crippen LogP) is 1.79. The number of amides is 1. The monoisotopic (exact) mass is 327 g/mol. The minimum Gasteiger partial charge on any atom is -0.349 e. The zero-order valence-corrected chi connectivity index (χ0v) is 14.6. The molecule has 0 bridgehead atoms. The lowest BCUT2D eigenvalue weighted by Gasteiger charge is -2.21. The molecule has 128 valence electrons. The normalized spacial score (nSPS) is 10.7. The van der Waals surface area contributed by atoms with E-state index < -0.39 is 0 Å². The SMILES string of the molecule is CCN(Cc1ccccc1)c1nccc(C(=O)NCCN(C)C)n1. The summed E-state index contributed by atoms with van der Waals surface area (Å²) in [5, 5.41) is 2.87. The average Bonchev–Trinajstić information content (AvgIpc) is 2.60. The van der Waals surface area contributed by atoms with Crippen molar-refractivity contribution in [1.29, 1.82) is 0 Å². The Hall–Kier alpha value is -2.47. The second-order valence-electron chi connectivity index (χ2n) is 5.80. The van der Waals surface area contributed by atoms with Gasteiger partial charge in [-0.05, 0) is 32.6 Å². The van der Waals surface area contributed by atoms with Crippen LogP contribution in [0.2, 0.25) is 0 Å². The van der Waals surface area contributed by atoms with E-state index in [2.05, 4.69) is 34.3 Å². The Morgan fingerprint density at radius 3 is 2.58 bits per heavy atom. The maximum atomic E-state index is 12.2. The lowest BCUT2D eigenvalue weighted by atomic mass is 10.2. The first kappa shape index (κ1) is 17.9. The Bertz CT molecular complexity index is 645. The Balaban J connectivity index is 2.05. The van der Waals surface area contributed by atoms with Crippen molar-refractivity contribution in [3.63, 3.8) is 0 Å². The first-order chi connectivity index (χ1) is 11.6. The molecule has 0 atom stereocenters. The van der Waals surface area contributed by atoms with Gasteiger partial charge in [0, 0.05) is 32.4 Å². The van der Waals surface area contributed by atoms with Crippen LogP contribution in [-0.2, 0) is 6.54 Å². The van der Waals surface area contributed by atoms with Gasteiger partial charge in [0.15, 0.2) is 0 Å². The van der Waals surface area contributed by atoms with Crippen LogP contribution in [0.25, 0.3) is 0 Å². The quantitative estimate of drug-likeness (QED) is 0.801. The summed E-state index contributed by atoms with van der Waals surface area (Å²) in [6, 6.07) is 11.8. The highest BCUT2D eigenvalue weighted by atomic mass is 16.1. The highest BCUT2D eigenvalue weighted by Crippen LogP contribution is 2.12. The molecule has 1 N–H and O–H groups in total. The van der Waals surface area contributed by atoms with Crippen LogP contribution in [-0.4, -0.2) is 54.5 Å². The van der Waals surface area contributed by atoms with Crippen LogP contribution in [0.3, 0.4) is 0 Å². The molecule has 1 aromatic heterocycles. The number of benzene rings is 1. The maximum absolute atomic E-state index is 12.2.